The van der Waals surface area contributed by atoms with Gasteiger partial charge in [0.2, 0.25) is 5.91 Å². The lowest BCUT2D eigenvalue weighted by Crippen LogP contribution is -2.47. The molecule has 2 aliphatic rings. The molecule has 2 aromatic rings. The minimum atomic E-state index is -2.05. The van der Waals surface area contributed by atoms with E-state index in [1.807, 2.05) is 46.8 Å². The molecule has 1 amide bonds. The fraction of sp³-hybridized carbons (Fsp3) is 0.720. The average molecular weight is 520 g/mol. The van der Waals surface area contributed by atoms with Crippen molar-refractivity contribution in [2.24, 2.45) is 5.41 Å². The van der Waals surface area contributed by atoms with Crippen molar-refractivity contribution in [1.29, 1.82) is 0 Å². The standard InChI is InChI=1S/C25H41N5O5Si/c1-23(2,3)22(31)28-21-16-12-11-15(29(16)27-14-26-21)18-20-19(34-25(7,8)35-20)17(30(18)32)13-33-36(9,10)24(4,5)6/h11-12,14,17-20,32H,13H2,1-10H3,(H,26,27,28,31)/t17-,18+,19-,20+/m1/s1. The first-order chi connectivity index (χ1) is 16.4. The Balaban J connectivity index is 1.67. The van der Waals surface area contributed by atoms with Gasteiger partial charge in [0.05, 0.1) is 18.3 Å². The fourth-order valence-electron chi connectivity index (χ4n) is 4.42. The van der Waals surface area contributed by atoms with Crippen LogP contribution < -0.4 is 5.32 Å². The summed E-state index contributed by atoms with van der Waals surface area (Å²) in [5.74, 6) is -0.526. The van der Waals surface area contributed by atoms with Gasteiger partial charge in [-0.1, -0.05) is 41.5 Å². The highest BCUT2D eigenvalue weighted by atomic mass is 28.4. The van der Waals surface area contributed by atoms with Gasteiger partial charge in [-0.05, 0) is 44.1 Å². The second-order valence-electron chi connectivity index (χ2n) is 12.9. The van der Waals surface area contributed by atoms with Crippen molar-refractivity contribution in [1.82, 2.24) is 19.7 Å². The quantitative estimate of drug-likeness (QED) is 0.561. The van der Waals surface area contributed by atoms with Crippen LogP contribution in [0.5, 0.6) is 0 Å². The molecule has 0 aromatic carbocycles. The Hall–Kier alpha value is -1.89. The zero-order valence-corrected chi connectivity index (χ0v) is 24.1. The molecule has 0 radical (unpaired) electrons. The molecule has 0 saturated carbocycles. The Morgan fingerprint density at radius 1 is 1.17 bits per heavy atom. The van der Waals surface area contributed by atoms with Crippen LogP contribution in [0.1, 0.15) is 67.1 Å². The monoisotopic (exact) mass is 519 g/mol. The topological polar surface area (TPSA) is 110 Å². The van der Waals surface area contributed by atoms with Gasteiger partial charge in [-0.3, -0.25) is 4.79 Å². The number of rotatable bonds is 5. The molecule has 0 bridgehead atoms. The lowest BCUT2D eigenvalue weighted by atomic mass is 9.96. The van der Waals surface area contributed by atoms with E-state index < -0.39 is 37.7 Å². The van der Waals surface area contributed by atoms with E-state index in [9.17, 15) is 10.0 Å². The van der Waals surface area contributed by atoms with Gasteiger partial charge in [-0.15, -0.1) is 0 Å². The number of aromatic nitrogens is 3. The Morgan fingerprint density at radius 2 is 1.81 bits per heavy atom. The molecule has 200 valence electrons. The minimum absolute atomic E-state index is 0.0412. The van der Waals surface area contributed by atoms with Crippen molar-refractivity contribution in [2.75, 3.05) is 11.9 Å². The number of hydrogen-bond donors (Lipinski definition) is 2. The van der Waals surface area contributed by atoms with Crippen molar-refractivity contribution in [2.45, 2.75) is 104 Å². The Morgan fingerprint density at radius 3 is 2.42 bits per heavy atom. The summed E-state index contributed by atoms with van der Waals surface area (Å²) in [5.41, 5.74) is 0.775. The molecular formula is C25H41N5O5Si. The van der Waals surface area contributed by atoms with Gasteiger partial charge in [0.1, 0.15) is 30.1 Å². The summed E-state index contributed by atoms with van der Waals surface area (Å²) in [6.07, 6.45) is 0.586. The number of carbonyl (C=O) groups is 1. The third-order valence-corrected chi connectivity index (χ3v) is 12.1. The van der Waals surface area contributed by atoms with Gasteiger partial charge < -0.3 is 24.4 Å². The molecule has 2 fully saturated rings. The third kappa shape index (κ3) is 4.84. The summed E-state index contributed by atoms with van der Waals surface area (Å²) in [4.78, 5) is 16.9. The summed E-state index contributed by atoms with van der Waals surface area (Å²) in [7, 11) is -2.05. The number of fused-ring (bicyclic) bond motifs is 2. The van der Waals surface area contributed by atoms with E-state index in [-0.39, 0.29) is 17.0 Å². The first-order valence-electron chi connectivity index (χ1n) is 12.5. The number of nitrogens with zero attached hydrogens (tertiary/aromatic N) is 4. The predicted molar refractivity (Wildman–Crippen MR) is 138 cm³/mol. The van der Waals surface area contributed by atoms with Crippen molar-refractivity contribution >= 4 is 25.6 Å². The van der Waals surface area contributed by atoms with Gasteiger partial charge in [-0.2, -0.15) is 10.2 Å². The highest BCUT2D eigenvalue weighted by molar-refractivity contribution is 6.74. The molecule has 0 spiro atoms. The number of hydroxylamine groups is 2. The van der Waals surface area contributed by atoms with Crippen LogP contribution in [-0.2, 0) is 18.7 Å². The molecular weight excluding hydrogens is 478 g/mol. The van der Waals surface area contributed by atoms with Gasteiger partial charge in [0.25, 0.3) is 0 Å². The molecule has 4 heterocycles. The molecule has 0 unspecified atom stereocenters. The number of anilines is 1. The summed E-state index contributed by atoms with van der Waals surface area (Å²) < 4.78 is 20.8. The maximum Gasteiger partial charge on any atom is 0.230 e. The van der Waals surface area contributed by atoms with Crippen molar-refractivity contribution in [3.63, 3.8) is 0 Å². The highest BCUT2D eigenvalue weighted by Gasteiger charge is 2.59. The summed E-state index contributed by atoms with van der Waals surface area (Å²) in [6.45, 7) is 20.6. The Labute approximate surface area is 214 Å². The van der Waals surface area contributed by atoms with E-state index in [0.29, 0.717) is 23.6 Å². The predicted octanol–water partition coefficient (Wildman–Crippen LogP) is 4.37. The van der Waals surface area contributed by atoms with Gasteiger partial charge in [-0.25, -0.2) is 9.50 Å². The zero-order valence-electron chi connectivity index (χ0n) is 23.1. The Kier molecular flexibility index (Phi) is 6.67. The largest absolute Gasteiger partial charge is 0.415 e. The number of ether oxygens (including phenoxy) is 2. The lowest BCUT2D eigenvalue weighted by Gasteiger charge is -2.38. The smallest absolute Gasteiger partial charge is 0.230 e. The van der Waals surface area contributed by atoms with Crippen LogP contribution in [-0.4, -0.2) is 69.7 Å². The van der Waals surface area contributed by atoms with Crippen LogP contribution >= 0.6 is 0 Å². The molecule has 2 aromatic heterocycles. The van der Waals surface area contributed by atoms with E-state index in [0.717, 1.165) is 0 Å². The first-order valence-corrected chi connectivity index (χ1v) is 15.4. The van der Waals surface area contributed by atoms with Crippen LogP contribution in [0.2, 0.25) is 18.1 Å². The van der Waals surface area contributed by atoms with E-state index in [1.54, 1.807) is 4.52 Å². The second kappa shape index (κ2) is 8.85. The summed E-state index contributed by atoms with van der Waals surface area (Å²) in [5, 5.41) is 20.1. The van der Waals surface area contributed by atoms with E-state index in [2.05, 4.69) is 49.3 Å². The van der Waals surface area contributed by atoms with Crippen molar-refractivity contribution in [3.8, 4) is 0 Å². The maximum absolute atomic E-state index is 12.6. The molecule has 0 aliphatic carbocycles. The number of nitrogens with one attached hydrogen (secondary N) is 1. The van der Waals surface area contributed by atoms with Crippen LogP contribution in [0.3, 0.4) is 0 Å². The van der Waals surface area contributed by atoms with Crippen LogP contribution in [0, 0.1) is 5.41 Å². The third-order valence-electron chi connectivity index (χ3n) is 7.60. The van der Waals surface area contributed by atoms with Gasteiger partial charge >= 0.3 is 0 Å². The average Bonchev–Trinajstić information content (AvgIpc) is 3.34. The van der Waals surface area contributed by atoms with E-state index in [1.165, 1.54) is 11.4 Å². The molecule has 4 atom stereocenters. The Bertz CT molecular complexity index is 1140. The second-order valence-corrected chi connectivity index (χ2v) is 17.7. The summed E-state index contributed by atoms with van der Waals surface area (Å²) in [6, 6.07) is 2.77. The highest BCUT2D eigenvalue weighted by Crippen LogP contribution is 2.47. The molecule has 11 heteroatoms. The van der Waals surface area contributed by atoms with E-state index >= 15 is 0 Å². The van der Waals surface area contributed by atoms with Crippen LogP contribution in [0.4, 0.5) is 5.82 Å². The minimum Gasteiger partial charge on any atom is -0.415 e. The van der Waals surface area contributed by atoms with Crippen molar-refractivity contribution in [3.05, 3.63) is 24.2 Å². The lowest BCUT2D eigenvalue weighted by molar-refractivity contribution is -0.221. The van der Waals surface area contributed by atoms with Crippen molar-refractivity contribution < 1.29 is 23.9 Å². The number of amides is 1. The van der Waals surface area contributed by atoms with Gasteiger partial charge in [0.15, 0.2) is 19.9 Å². The SMILES string of the molecule is CC1(C)O[C@@H]2[C@H](O1)[C@@H](CO[Si](C)(C)C(C)(C)C)N(O)[C@H]2c1ccc2c(NC(=O)C(C)(C)C)ncnn12. The molecule has 2 saturated heterocycles. The number of carbonyl (C=O) groups excluding carboxylic acids is 1. The molecule has 10 nitrogen and oxygen atoms in total. The molecule has 2 aliphatic heterocycles. The number of hydrogen-bond acceptors (Lipinski definition) is 8. The molecule has 36 heavy (non-hydrogen) atoms. The normalized spacial score (nSPS) is 27.0. The van der Waals surface area contributed by atoms with E-state index in [4.69, 9.17) is 13.9 Å². The van der Waals surface area contributed by atoms with Crippen LogP contribution in [0.25, 0.3) is 5.52 Å². The van der Waals surface area contributed by atoms with Gasteiger partial charge in [0, 0.05) is 5.41 Å². The fourth-order valence-corrected chi connectivity index (χ4v) is 5.44. The molecule has 4 rings (SSSR count). The zero-order chi connectivity index (χ0) is 26.8. The first kappa shape index (κ1) is 27.1. The molecule has 2 N–H and O–H groups in total. The van der Waals surface area contributed by atoms with Crippen LogP contribution in [0.15, 0.2) is 18.5 Å². The maximum atomic E-state index is 12.6. The summed E-state index contributed by atoms with van der Waals surface area (Å²) >= 11 is 0.